The van der Waals surface area contributed by atoms with Crippen LogP contribution >= 0.6 is 0 Å². The first kappa shape index (κ1) is 12.0. The average molecular weight is 261 g/mol. The first-order valence-corrected chi connectivity index (χ1v) is 6.32. The van der Waals surface area contributed by atoms with Gasteiger partial charge in [-0.2, -0.15) is 5.10 Å². The Morgan fingerprint density at radius 1 is 1.37 bits per heavy atom. The van der Waals surface area contributed by atoms with E-state index in [-0.39, 0.29) is 11.6 Å². The molecule has 1 aromatic carbocycles. The highest BCUT2D eigenvalue weighted by atomic mass is 19.1. The predicted molar refractivity (Wildman–Crippen MR) is 71.8 cm³/mol. The highest BCUT2D eigenvalue weighted by Gasteiger charge is 2.22. The number of ether oxygens (including phenoxy) is 1. The molecule has 4 nitrogen and oxygen atoms in total. The van der Waals surface area contributed by atoms with Gasteiger partial charge in [0.25, 0.3) is 0 Å². The Kier molecular flexibility index (Phi) is 2.89. The molecule has 0 aliphatic heterocycles. The third kappa shape index (κ3) is 2.41. The van der Waals surface area contributed by atoms with Crippen LogP contribution in [-0.2, 0) is 7.05 Å². The van der Waals surface area contributed by atoms with Crippen molar-refractivity contribution in [2.45, 2.75) is 18.9 Å². The number of aryl methyl sites for hydroxylation is 1. The highest BCUT2D eigenvalue weighted by Crippen LogP contribution is 2.29. The smallest absolute Gasteiger partial charge is 0.165 e. The normalized spacial score (nSPS) is 14.5. The summed E-state index contributed by atoms with van der Waals surface area (Å²) >= 11 is 0. The zero-order chi connectivity index (χ0) is 13.4. The molecule has 1 N–H and O–H groups in total. The van der Waals surface area contributed by atoms with E-state index in [2.05, 4.69) is 10.4 Å². The number of hydrogen-bond donors (Lipinski definition) is 1. The van der Waals surface area contributed by atoms with Crippen LogP contribution in [0, 0.1) is 5.82 Å². The van der Waals surface area contributed by atoms with Gasteiger partial charge >= 0.3 is 0 Å². The highest BCUT2D eigenvalue weighted by molar-refractivity contribution is 5.64. The lowest BCUT2D eigenvalue weighted by Gasteiger charge is -2.05. The topological polar surface area (TPSA) is 39.1 Å². The Morgan fingerprint density at radius 2 is 2.16 bits per heavy atom. The summed E-state index contributed by atoms with van der Waals surface area (Å²) in [5, 5.41) is 7.72. The molecule has 5 heteroatoms. The molecule has 1 aliphatic carbocycles. The lowest BCUT2D eigenvalue weighted by Crippen LogP contribution is -2.02. The van der Waals surface area contributed by atoms with Gasteiger partial charge in [-0.05, 0) is 31.0 Å². The van der Waals surface area contributed by atoms with Crippen molar-refractivity contribution in [1.29, 1.82) is 0 Å². The lowest BCUT2D eigenvalue weighted by molar-refractivity contribution is 0.386. The molecule has 0 radical (unpaired) electrons. The van der Waals surface area contributed by atoms with Gasteiger partial charge < -0.3 is 10.1 Å². The molecule has 1 fully saturated rings. The third-order valence-corrected chi connectivity index (χ3v) is 3.26. The molecular formula is C14H16FN3O. The molecule has 2 aromatic rings. The van der Waals surface area contributed by atoms with Crippen molar-refractivity contribution in [3.8, 4) is 17.0 Å². The van der Waals surface area contributed by atoms with Crippen molar-refractivity contribution in [2.24, 2.45) is 7.05 Å². The molecule has 1 heterocycles. The maximum absolute atomic E-state index is 13.7. The van der Waals surface area contributed by atoms with Crippen molar-refractivity contribution in [1.82, 2.24) is 9.78 Å². The summed E-state index contributed by atoms with van der Waals surface area (Å²) in [5.74, 6) is 0.733. The molecule has 1 aromatic heterocycles. The van der Waals surface area contributed by atoms with Crippen LogP contribution in [0.25, 0.3) is 11.3 Å². The van der Waals surface area contributed by atoms with E-state index in [9.17, 15) is 4.39 Å². The van der Waals surface area contributed by atoms with Crippen LogP contribution in [0.2, 0.25) is 0 Å². The van der Waals surface area contributed by atoms with Crippen molar-refractivity contribution < 1.29 is 9.13 Å². The maximum Gasteiger partial charge on any atom is 0.165 e. The monoisotopic (exact) mass is 261 g/mol. The van der Waals surface area contributed by atoms with Gasteiger partial charge in [-0.15, -0.1) is 0 Å². The van der Waals surface area contributed by atoms with Gasteiger partial charge in [0.05, 0.1) is 12.8 Å². The molecule has 0 amide bonds. The fraction of sp³-hybridized carbons (Fsp3) is 0.357. The summed E-state index contributed by atoms with van der Waals surface area (Å²) in [6, 6.07) is 7.43. The molecule has 0 bridgehead atoms. The fourth-order valence-corrected chi connectivity index (χ4v) is 2.07. The second kappa shape index (κ2) is 4.57. The Labute approximate surface area is 111 Å². The van der Waals surface area contributed by atoms with Gasteiger partial charge in [0, 0.05) is 24.7 Å². The summed E-state index contributed by atoms with van der Waals surface area (Å²) in [4.78, 5) is 0. The molecule has 1 aliphatic rings. The summed E-state index contributed by atoms with van der Waals surface area (Å²) in [6.07, 6.45) is 2.39. The van der Waals surface area contributed by atoms with E-state index in [0.29, 0.717) is 6.04 Å². The van der Waals surface area contributed by atoms with Crippen LogP contribution in [0.5, 0.6) is 5.75 Å². The summed E-state index contributed by atoms with van der Waals surface area (Å²) in [7, 11) is 3.31. The van der Waals surface area contributed by atoms with Gasteiger partial charge in [-0.25, -0.2) is 4.39 Å². The zero-order valence-corrected chi connectivity index (χ0v) is 11.0. The van der Waals surface area contributed by atoms with E-state index in [1.807, 2.05) is 19.2 Å². The van der Waals surface area contributed by atoms with Crippen LogP contribution in [0.4, 0.5) is 10.2 Å². The molecule has 19 heavy (non-hydrogen) atoms. The number of nitrogens with one attached hydrogen (secondary N) is 1. The van der Waals surface area contributed by atoms with Crippen molar-refractivity contribution in [2.75, 3.05) is 12.4 Å². The third-order valence-electron chi connectivity index (χ3n) is 3.26. The number of nitrogens with zero attached hydrogens (tertiary/aromatic N) is 2. The van der Waals surface area contributed by atoms with E-state index in [1.54, 1.807) is 10.7 Å². The quantitative estimate of drug-likeness (QED) is 0.919. The first-order valence-electron chi connectivity index (χ1n) is 6.32. The standard InChI is InChI=1S/C14H16FN3O/c1-18-12(8-14(17-18)16-10-4-5-10)9-3-6-13(19-2)11(15)7-9/h3,6-8,10H,4-5H2,1-2H3,(H,16,17). The molecule has 3 rings (SSSR count). The number of aromatic nitrogens is 2. The number of halogens is 1. The van der Waals surface area contributed by atoms with Gasteiger partial charge in [-0.1, -0.05) is 0 Å². The van der Waals surface area contributed by atoms with Gasteiger partial charge in [-0.3, -0.25) is 4.68 Å². The lowest BCUT2D eigenvalue weighted by atomic mass is 10.1. The van der Waals surface area contributed by atoms with Crippen LogP contribution in [0.3, 0.4) is 0 Å². The number of rotatable bonds is 4. The Balaban J connectivity index is 1.91. The minimum atomic E-state index is -0.363. The van der Waals surface area contributed by atoms with Crippen molar-refractivity contribution in [3.63, 3.8) is 0 Å². The minimum absolute atomic E-state index is 0.252. The van der Waals surface area contributed by atoms with Gasteiger partial charge in [0.2, 0.25) is 0 Å². The summed E-state index contributed by atoms with van der Waals surface area (Å²) < 4.78 is 20.4. The second-order valence-corrected chi connectivity index (χ2v) is 4.81. The molecule has 1 saturated carbocycles. The number of anilines is 1. The van der Waals surface area contributed by atoms with Crippen LogP contribution in [-0.4, -0.2) is 22.9 Å². The molecule has 0 saturated heterocycles. The van der Waals surface area contributed by atoms with E-state index < -0.39 is 0 Å². The maximum atomic E-state index is 13.7. The van der Waals surface area contributed by atoms with Crippen LogP contribution < -0.4 is 10.1 Å². The van der Waals surface area contributed by atoms with Crippen molar-refractivity contribution in [3.05, 3.63) is 30.1 Å². The van der Waals surface area contributed by atoms with Crippen LogP contribution in [0.1, 0.15) is 12.8 Å². The van der Waals surface area contributed by atoms with E-state index >= 15 is 0 Å². The Morgan fingerprint density at radius 3 is 2.79 bits per heavy atom. The molecule has 100 valence electrons. The minimum Gasteiger partial charge on any atom is -0.494 e. The molecular weight excluding hydrogens is 245 g/mol. The number of benzene rings is 1. The molecule has 0 atom stereocenters. The fourth-order valence-electron chi connectivity index (χ4n) is 2.07. The molecule has 0 unspecified atom stereocenters. The van der Waals surface area contributed by atoms with E-state index in [0.717, 1.165) is 17.1 Å². The summed E-state index contributed by atoms with van der Waals surface area (Å²) in [6.45, 7) is 0. The Bertz CT molecular complexity index is 605. The zero-order valence-electron chi connectivity index (χ0n) is 11.0. The number of hydrogen-bond acceptors (Lipinski definition) is 3. The summed E-state index contributed by atoms with van der Waals surface area (Å²) in [5.41, 5.74) is 1.67. The second-order valence-electron chi connectivity index (χ2n) is 4.81. The molecule has 0 spiro atoms. The first-order chi connectivity index (χ1) is 9.17. The Hall–Kier alpha value is -2.04. The number of methoxy groups -OCH3 is 1. The van der Waals surface area contributed by atoms with E-state index in [4.69, 9.17) is 4.74 Å². The predicted octanol–water partition coefficient (Wildman–Crippen LogP) is 2.81. The largest absolute Gasteiger partial charge is 0.494 e. The van der Waals surface area contributed by atoms with Crippen LogP contribution in [0.15, 0.2) is 24.3 Å². The SMILES string of the molecule is COc1ccc(-c2cc(NC3CC3)nn2C)cc1F. The van der Waals surface area contributed by atoms with Gasteiger partial charge in [0.1, 0.15) is 5.82 Å². The van der Waals surface area contributed by atoms with Gasteiger partial charge in [0.15, 0.2) is 11.6 Å². The van der Waals surface area contributed by atoms with Crippen molar-refractivity contribution >= 4 is 5.82 Å². The van der Waals surface area contributed by atoms with E-state index in [1.165, 1.54) is 26.0 Å². The average Bonchev–Trinajstić information content (AvgIpc) is 3.12.